The first-order valence-electron chi connectivity index (χ1n) is 9.51. The van der Waals surface area contributed by atoms with Crippen molar-refractivity contribution in [3.05, 3.63) is 48.0 Å². The van der Waals surface area contributed by atoms with Crippen LogP contribution in [0.15, 0.2) is 36.7 Å². The molecule has 1 aromatic carbocycles. The third-order valence-corrected chi connectivity index (χ3v) is 4.17. The van der Waals surface area contributed by atoms with E-state index in [1.807, 2.05) is 6.07 Å². The molecule has 3 rings (SSSR count). The van der Waals surface area contributed by atoms with Crippen molar-refractivity contribution in [1.82, 2.24) is 14.9 Å². The lowest BCUT2D eigenvalue weighted by atomic mass is 10.1. The largest absolute Gasteiger partial charge is 0.387 e. The number of carbonyl (C=O) groups excluding carboxylic acids is 1. The van der Waals surface area contributed by atoms with Gasteiger partial charge in [0.15, 0.2) is 0 Å². The molecule has 1 atom stereocenters. The van der Waals surface area contributed by atoms with Crippen molar-refractivity contribution in [2.24, 2.45) is 0 Å². The molecule has 0 bridgehead atoms. The molecule has 1 fully saturated rings. The van der Waals surface area contributed by atoms with Crippen LogP contribution >= 0.6 is 0 Å². The molecule has 1 amide bonds. The molecule has 0 saturated carbocycles. The minimum Gasteiger partial charge on any atom is -0.387 e. The summed E-state index contributed by atoms with van der Waals surface area (Å²) < 4.78 is 12.9. The van der Waals surface area contributed by atoms with Gasteiger partial charge in [-0.2, -0.15) is 0 Å². The highest BCUT2D eigenvalue weighted by Crippen LogP contribution is 2.18. The Bertz CT molecular complexity index is 721. The zero-order valence-electron chi connectivity index (χ0n) is 16.4. The van der Waals surface area contributed by atoms with E-state index in [-0.39, 0.29) is 12.4 Å². The number of nitrogens with zero attached hydrogens (tertiary/aromatic N) is 4. The van der Waals surface area contributed by atoms with Crippen molar-refractivity contribution in [3.63, 3.8) is 0 Å². The molecule has 152 valence electrons. The van der Waals surface area contributed by atoms with Gasteiger partial charge < -0.3 is 20.2 Å². The molecule has 1 aliphatic rings. The summed E-state index contributed by atoms with van der Waals surface area (Å²) in [6.07, 6.45) is 2.81. The average Bonchev–Trinajstić information content (AvgIpc) is 2.73. The minimum atomic E-state index is -0.768. The molecule has 1 aliphatic heterocycles. The number of piperazine rings is 1. The van der Waals surface area contributed by atoms with E-state index >= 15 is 0 Å². The van der Waals surface area contributed by atoms with Gasteiger partial charge in [0.1, 0.15) is 23.8 Å². The normalized spacial score (nSPS) is 14.7. The van der Waals surface area contributed by atoms with Crippen LogP contribution in [-0.2, 0) is 4.79 Å². The van der Waals surface area contributed by atoms with Crippen molar-refractivity contribution in [2.75, 3.05) is 42.9 Å². The third-order valence-electron chi connectivity index (χ3n) is 4.17. The predicted molar refractivity (Wildman–Crippen MR) is 108 cm³/mol. The van der Waals surface area contributed by atoms with Crippen molar-refractivity contribution in [2.45, 2.75) is 26.4 Å². The van der Waals surface area contributed by atoms with Gasteiger partial charge in [-0.25, -0.2) is 14.4 Å². The maximum absolute atomic E-state index is 12.9. The molecule has 1 unspecified atom stereocenters. The van der Waals surface area contributed by atoms with Crippen LogP contribution in [0.4, 0.5) is 16.0 Å². The Morgan fingerprint density at radius 1 is 1.18 bits per heavy atom. The van der Waals surface area contributed by atoms with Crippen LogP contribution < -0.4 is 10.2 Å². The van der Waals surface area contributed by atoms with Gasteiger partial charge in [0.2, 0.25) is 6.41 Å². The fourth-order valence-electron chi connectivity index (χ4n) is 2.68. The number of halogens is 1. The Hall–Kier alpha value is -2.74. The SMILES string of the molecule is CCC.O=CN1CCN(c2cc(NCC(O)c3ccc(F)cc3)ncn2)CC1. The topological polar surface area (TPSA) is 81.6 Å². The second-order valence-corrected chi connectivity index (χ2v) is 6.55. The third kappa shape index (κ3) is 6.45. The van der Waals surface area contributed by atoms with E-state index in [0.717, 1.165) is 12.2 Å². The van der Waals surface area contributed by atoms with Crippen LogP contribution in [0.3, 0.4) is 0 Å². The van der Waals surface area contributed by atoms with E-state index in [2.05, 4.69) is 34.0 Å². The molecule has 1 aromatic heterocycles. The van der Waals surface area contributed by atoms with Gasteiger partial charge in [0.25, 0.3) is 0 Å². The molecule has 7 nitrogen and oxygen atoms in total. The van der Waals surface area contributed by atoms with Gasteiger partial charge in [-0.3, -0.25) is 4.79 Å². The zero-order valence-corrected chi connectivity index (χ0v) is 16.4. The molecule has 2 N–H and O–H groups in total. The number of benzene rings is 1. The summed E-state index contributed by atoms with van der Waals surface area (Å²) in [5.74, 6) is 1.04. The monoisotopic (exact) mass is 389 g/mol. The Morgan fingerprint density at radius 3 is 2.43 bits per heavy atom. The van der Waals surface area contributed by atoms with E-state index in [9.17, 15) is 14.3 Å². The minimum absolute atomic E-state index is 0.251. The Kier molecular flexibility index (Phi) is 8.61. The fraction of sp³-hybridized carbons (Fsp3) is 0.450. The van der Waals surface area contributed by atoms with Crippen molar-refractivity contribution < 1.29 is 14.3 Å². The van der Waals surface area contributed by atoms with Crippen LogP contribution in [-0.4, -0.2) is 59.1 Å². The maximum Gasteiger partial charge on any atom is 0.209 e. The van der Waals surface area contributed by atoms with Crippen LogP contribution in [0.2, 0.25) is 0 Å². The summed E-state index contributed by atoms with van der Waals surface area (Å²) in [6, 6.07) is 7.56. The van der Waals surface area contributed by atoms with E-state index < -0.39 is 6.10 Å². The van der Waals surface area contributed by atoms with Crippen LogP contribution in [0.1, 0.15) is 31.9 Å². The summed E-state index contributed by atoms with van der Waals surface area (Å²) in [6.45, 7) is 7.26. The highest BCUT2D eigenvalue weighted by molar-refractivity contribution is 5.51. The number of amides is 1. The van der Waals surface area contributed by atoms with Crippen LogP contribution in [0, 0.1) is 5.82 Å². The van der Waals surface area contributed by atoms with Gasteiger partial charge in [0.05, 0.1) is 6.10 Å². The predicted octanol–water partition coefficient (Wildman–Crippen LogP) is 2.46. The first kappa shape index (κ1) is 21.6. The smallest absolute Gasteiger partial charge is 0.209 e. The number of aromatic nitrogens is 2. The zero-order chi connectivity index (χ0) is 20.4. The van der Waals surface area contributed by atoms with E-state index in [1.54, 1.807) is 17.0 Å². The highest BCUT2D eigenvalue weighted by Gasteiger charge is 2.17. The molecule has 0 radical (unpaired) electrons. The number of anilines is 2. The van der Waals surface area contributed by atoms with E-state index in [1.165, 1.54) is 24.9 Å². The molecular weight excluding hydrogens is 361 g/mol. The first-order chi connectivity index (χ1) is 13.6. The van der Waals surface area contributed by atoms with Crippen molar-refractivity contribution in [1.29, 1.82) is 0 Å². The molecule has 8 heteroatoms. The fourth-order valence-corrected chi connectivity index (χ4v) is 2.68. The molecule has 0 aliphatic carbocycles. The lowest BCUT2D eigenvalue weighted by Crippen LogP contribution is -2.46. The summed E-state index contributed by atoms with van der Waals surface area (Å²) in [7, 11) is 0. The van der Waals surface area contributed by atoms with E-state index in [0.29, 0.717) is 37.6 Å². The van der Waals surface area contributed by atoms with Crippen LogP contribution in [0.5, 0.6) is 0 Å². The first-order valence-corrected chi connectivity index (χ1v) is 9.51. The van der Waals surface area contributed by atoms with Gasteiger partial charge in [0, 0.05) is 38.8 Å². The van der Waals surface area contributed by atoms with Gasteiger partial charge in [-0.05, 0) is 17.7 Å². The van der Waals surface area contributed by atoms with Gasteiger partial charge in [-0.15, -0.1) is 0 Å². The van der Waals surface area contributed by atoms with Crippen LogP contribution in [0.25, 0.3) is 0 Å². The number of hydrogen-bond acceptors (Lipinski definition) is 6. The Morgan fingerprint density at radius 2 is 1.82 bits per heavy atom. The summed E-state index contributed by atoms with van der Waals surface area (Å²) in [4.78, 5) is 23.0. The molecule has 2 aromatic rings. The Labute approximate surface area is 165 Å². The molecule has 1 saturated heterocycles. The second-order valence-electron chi connectivity index (χ2n) is 6.55. The standard InChI is InChI=1S/C17H20FN5O2.C3H8/c18-14-3-1-13(2-4-14)15(25)10-19-16-9-17(21-11-20-16)23-7-5-22(12-24)6-8-23;1-3-2/h1-4,9,11-12,15,25H,5-8,10H2,(H,19,20,21);3H2,1-2H3. The maximum atomic E-state index is 12.9. The average molecular weight is 389 g/mol. The van der Waals surface area contributed by atoms with Gasteiger partial charge in [-0.1, -0.05) is 32.4 Å². The molecule has 28 heavy (non-hydrogen) atoms. The second kappa shape index (κ2) is 11.2. The Balaban J connectivity index is 0.000000878. The number of hydrogen-bond donors (Lipinski definition) is 2. The quantitative estimate of drug-likeness (QED) is 0.739. The highest BCUT2D eigenvalue weighted by atomic mass is 19.1. The summed E-state index contributed by atoms with van der Waals surface area (Å²) in [5, 5.41) is 13.2. The van der Waals surface area contributed by atoms with E-state index in [4.69, 9.17) is 0 Å². The van der Waals surface area contributed by atoms with Crippen molar-refractivity contribution >= 4 is 18.0 Å². The molecular formula is C20H28FN5O2. The lowest BCUT2D eigenvalue weighted by molar-refractivity contribution is -0.118. The number of aliphatic hydroxyl groups is 1. The van der Waals surface area contributed by atoms with Gasteiger partial charge >= 0.3 is 0 Å². The van der Waals surface area contributed by atoms with Crippen molar-refractivity contribution in [3.8, 4) is 0 Å². The molecule has 0 spiro atoms. The number of nitrogens with one attached hydrogen (secondary N) is 1. The number of carbonyl (C=O) groups is 1. The molecule has 2 heterocycles. The lowest BCUT2D eigenvalue weighted by Gasteiger charge is -2.33. The number of rotatable bonds is 6. The summed E-state index contributed by atoms with van der Waals surface area (Å²) >= 11 is 0. The summed E-state index contributed by atoms with van der Waals surface area (Å²) in [5.41, 5.74) is 0.633. The number of aliphatic hydroxyl groups excluding tert-OH is 1.